The number of hydrogen-bond acceptors (Lipinski definition) is 6. The summed E-state index contributed by atoms with van der Waals surface area (Å²) < 4.78 is 5.29. The zero-order valence-electron chi connectivity index (χ0n) is 15.0. The molecule has 3 rings (SSSR count). The maximum absolute atomic E-state index is 12.5. The molecule has 29 heavy (non-hydrogen) atoms. The Bertz CT molecular complexity index is 1090. The Morgan fingerprint density at radius 1 is 1.10 bits per heavy atom. The van der Waals surface area contributed by atoms with Crippen LogP contribution in [-0.2, 0) is 0 Å². The summed E-state index contributed by atoms with van der Waals surface area (Å²) in [5.74, 6) is -0.563. The molecule has 0 aliphatic rings. The number of nitrogens with one attached hydrogen (secondary N) is 2. The number of halogens is 1. The minimum absolute atomic E-state index is 0.0325. The van der Waals surface area contributed by atoms with Crippen LogP contribution in [0.25, 0.3) is 0 Å². The van der Waals surface area contributed by atoms with Crippen LogP contribution in [-0.4, -0.2) is 23.8 Å². The van der Waals surface area contributed by atoms with Crippen LogP contribution >= 0.6 is 22.9 Å². The fourth-order valence-corrected chi connectivity index (χ4v) is 3.29. The maximum atomic E-state index is 12.5. The molecule has 0 saturated heterocycles. The number of rotatable bonds is 6. The lowest BCUT2D eigenvalue weighted by atomic mass is 10.1. The van der Waals surface area contributed by atoms with Gasteiger partial charge < -0.3 is 15.4 Å². The number of non-ortho nitro benzene ring substituents is 1. The second-order valence-corrected chi connectivity index (χ2v) is 7.08. The van der Waals surface area contributed by atoms with Gasteiger partial charge in [0.05, 0.1) is 33.2 Å². The molecule has 0 bridgehead atoms. The molecule has 10 heteroatoms. The number of anilines is 2. The standard InChI is InChI=1S/C19H14ClN3O5S/c1-28-16-9-11(4-7-15(16)22-19(25)17-3-2-8-29-17)21-18(24)13-10-12(23(26)27)5-6-14(13)20/h2-10H,1H3,(H,21,24)(H,22,25). The van der Waals surface area contributed by atoms with Crippen molar-refractivity contribution in [2.75, 3.05) is 17.7 Å². The van der Waals surface area contributed by atoms with E-state index in [1.54, 1.807) is 29.6 Å². The highest BCUT2D eigenvalue weighted by Crippen LogP contribution is 2.30. The van der Waals surface area contributed by atoms with E-state index >= 15 is 0 Å². The number of thiophene rings is 1. The summed E-state index contributed by atoms with van der Waals surface area (Å²) in [4.78, 5) is 35.6. The number of carbonyl (C=O) groups is 2. The van der Waals surface area contributed by atoms with Crippen molar-refractivity contribution in [2.45, 2.75) is 0 Å². The molecule has 1 aromatic heterocycles. The zero-order valence-corrected chi connectivity index (χ0v) is 16.5. The van der Waals surface area contributed by atoms with Gasteiger partial charge in [-0.25, -0.2) is 0 Å². The van der Waals surface area contributed by atoms with Crippen LogP contribution in [0.5, 0.6) is 5.75 Å². The van der Waals surface area contributed by atoms with Gasteiger partial charge in [0.15, 0.2) is 0 Å². The summed E-state index contributed by atoms with van der Waals surface area (Å²) in [6.45, 7) is 0. The monoisotopic (exact) mass is 431 g/mol. The summed E-state index contributed by atoms with van der Waals surface area (Å²) in [7, 11) is 1.43. The molecule has 148 valence electrons. The fraction of sp³-hybridized carbons (Fsp3) is 0.0526. The number of nitro benzene ring substituents is 1. The molecular formula is C19H14ClN3O5S. The van der Waals surface area contributed by atoms with Gasteiger partial charge in [0.2, 0.25) is 0 Å². The van der Waals surface area contributed by atoms with Crippen LogP contribution < -0.4 is 15.4 Å². The molecule has 0 atom stereocenters. The number of amides is 2. The minimum atomic E-state index is -0.615. The Labute approximate surface area is 174 Å². The number of hydrogen-bond donors (Lipinski definition) is 2. The molecule has 0 radical (unpaired) electrons. The first-order chi connectivity index (χ1) is 13.9. The summed E-state index contributed by atoms with van der Waals surface area (Å²) in [5.41, 5.74) is 0.513. The summed E-state index contributed by atoms with van der Waals surface area (Å²) in [6, 6.07) is 11.7. The quantitative estimate of drug-likeness (QED) is 0.429. The third kappa shape index (κ3) is 4.71. The average molecular weight is 432 g/mol. The maximum Gasteiger partial charge on any atom is 0.270 e. The van der Waals surface area contributed by atoms with Gasteiger partial charge in [-0.3, -0.25) is 19.7 Å². The van der Waals surface area contributed by atoms with Crippen molar-refractivity contribution in [1.29, 1.82) is 0 Å². The Morgan fingerprint density at radius 2 is 1.90 bits per heavy atom. The van der Waals surface area contributed by atoms with Gasteiger partial charge >= 0.3 is 0 Å². The highest BCUT2D eigenvalue weighted by atomic mass is 35.5. The van der Waals surface area contributed by atoms with Crippen molar-refractivity contribution in [3.8, 4) is 5.75 Å². The van der Waals surface area contributed by atoms with E-state index in [1.165, 1.54) is 36.6 Å². The lowest BCUT2D eigenvalue weighted by Crippen LogP contribution is -2.14. The zero-order chi connectivity index (χ0) is 21.0. The number of methoxy groups -OCH3 is 1. The van der Waals surface area contributed by atoms with Crippen LogP contribution in [0.2, 0.25) is 5.02 Å². The number of ether oxygens (including phenoxy) is 1. The smallest absolute Gasteiger partial charge is 0.270 e. The molecule has 1 heterocycles. The second-order valence-electron chi connectivity index (χ2n) is 5.72. The minimum Gasteiger partial charge on any atom is -0.494 e. The van der Waals surface area contributed by atoms with Crippen LogP contribution in [0.1, 0.15) is 20.0 Å². The van der Waals surface area contributed by atoms with Gasteiger partial charge in [-0.05, 0) is 29.6 Å². The van der Waals surface area contributed by atoms with E-state index in [9.17, 15) is 19.7 Å². The van der Waals surface area contributed by atoms with Crippen molar-refractivity contribution in [3.63, 3.8) is 0 Å². The largest absolute Gasteiger partial charge is 0.494 e. The second kappa shape index (κ2) is 8.72. The number of nitro groups is 1. The molecule has 0 unspecified atom stereocenters. The van der Waals surface area contributed by atoms with Gasteiger partial charge in [-0.1, -0.05) is 17.7 Å². The summed E-state index contributed by atoms with van der Waals surface area (Å²) >= 11 is 7.30. The number of benzene rings is 2. The van der Waals surface area contributed by atoms with E-state index in [2.05, 4.69) is 10.6 Å². The lowest BCUT2D eigenvalue weighted by molar-refractivity contribution is -0.384. The van der Waals surface area contributed by atoms with Gasteiger partial charge in [-0.2, -0.15) is 0 Å². The topological polar surface area (TPSA) is 111 Å². The van der Waals surface area contributed by atoms with Crippen molar-refractivity contribution >= 4 is 51.8 Å². The Morgan fingerprint density at radius 3 is 2.55 bits per heavy atom. The first-order valence-corrected chi connectivity index (χ1v) is 9.43. The van der Waals surface area contributed by atoms with Gasteiger partial charge in [0, 0.05) is 23.9 Å². The summed E-state index contributed by atoms with van der Waals surface area (Å²) in [5, 5.41) is 18.2. The van der Waals surface area contributed by atoms with Crippen LogP contribution in [0, 0.1) is 10.1 Å². The van der Waals surface area contributed by atoms with Crippen LogP contribution in [0.15, 0.2) is 53.9 Å². The average Bonchev–Trinajstić information content (AvgIpc) is 3.24. The van der Waals surface area contributed by atoms with Crippen molar-refractivity contribution in [2.24, 2.45) is 0 Å². The molecule has 8 nitrogen and oxygen atoms in total. The normalized spacial score (nSPS) is 10.3. The van der Waals surface area contributed by atoms with Gasteiger partial charge in [-0.15, -0.1) is 11.3 Å². The molecule has 0 aliphatic heterocycles. The predicted octanol–water partition coefficient (Wildman–Crippen LogP) is 4.82. The van der Waals surface area contributed by atoms with E-state index in [0.717, 1.165) is 6.07 Å². The number of carbonyl (C=O) groups excluding carboxylic acids is 2. The summed E-state index contributed by atoms with van der Waals surface area (Å²) in [6.07, 6.45) is 0. The fourth-order valence-electron chi connectivity index (χ4n) is 2.46. The van der Waals surface area contributed by atoms with E-state index in [1.807, 2.05) is 0 Å². The lowest BCUT2D eigenvalue weighted by Gasteiger charge is -2.12. The predicted molar refractivity (Wildman–Crippen MR) is 111 cm³/mol. The van der Waals surface area contributed by atoms with Gasteiger partial charge in [0.25, 0.3) is 17.5 Å². The Kier molecular flexibility index (Phi) is 6.10. The molecule has 2 aromatic carbocycles. The van der Waals surface area contributed by atoms with Crippen molar-refractivity contribution in [3.05, 3.63) is 79.5 Å². The van der Waals surface area contributed by atoms with E-state index in [0.29, 0.717) is 22.0 Å². The van der Waals surface area contributed by atoms with E-state index in [4.69, 9.17) is 16.3 Å². The van der Waals surface area contributed by atoms with Crippen molar-refractivity contribution < 1.29 is 19.2 Å². The number of nitrogens with zero attached hydrogens (tertiary/aromatic N) is 1. The molecule has 0 spiro atoms. The first kappa shape index (κ1) is 20.3. The molecule has 2 N–H and O–H groups in total. The van der Waals surface area contributed by atoms with Crippen LogP contribution in [0.4, 0.5) is 17.1 Å². The first-order valence-electron chi connectivity index (χ1n) is 8.17. The molecular weight excluding hydrogens is 418 g/mol. The molecule has 0 fully saturated rings. The Hall–Kier alpha value is -3.43. The molecule has 2 amide bonds. The highest BCUT2D eigenvalue weighted by molar-refractivity contribution is 7.12. The van der Waals surface area contributed by atoms with E-state index < -0.39 is 10.8 Å². The molecule has 0 aliphatic carbocycles. The van der Waals surface area contributed by atoms with Crippen molar-refractivity contribution in [1.82, 2.24) is 0 Å². The Balaban J connectivity index is 1.80. The molecule has 0 saturated carbocycles. The van der Waals surface area contributed by atoms with Gasteiger partial charge in [0.1, 0.15) is 5.75 Å². The van der Waals surface area contributed by atoms with Crippen LogP contribution in [0.3, 0.4) is 0 Å². The molecule has 3 aromatic rings. The SMILES string of the molecule is COc1cc(NC(=O)c2cc([N+](=O)[O-])ccc2Cl)ccc1NC(=O)c1cccs1. The third-order valence-electron chi connectivity index (χ3n) is 3.86. The third-order valence-corrected chi connectivity index (χ3v) is 5.06. The highest BCUT2D eigenvalue weighted by Gasteiger charge is 2.17. The van der Waals surface area contributed by atoms with E-state index in [-0.39, 0.29) is 22.2 Å².